The van der Waals surface area contributed by atoms with Gasteiger partial charge in [0.25, 0.3) is 5.91 Å². The van der Waals surface area contributed by atoms with Crippen molar-refractivity contribution in [3.05, 3.63) is 51.4 Å². The number of ether oxygens (including phenoxy) is 2. The van der Waals surface area contributed by atoms with Crippen LogP contribution in [0.15, 0.2) is 29.9 Å². The molecule has 13 nitrogen and oxygen atoms in total. The van der Waals surface area contributed by atoms with Crippen LogP contribution >= 0.6 is 11.3 Å². The maximum atomic E-state index is 12.0. The first-order chi connectivity index (χ1) is 15.3. The second-order valence-electron chi connectivity index (χ2n) is 6.24. The zero-order valence-corrected chi connectivity index (χ0v) is 17.6. The summed E-state index contributed by atoms with van der Waals surface area (Å²) in [6.45, 7) is 0.705. The van der Waals surface area contributed by atoms with E-state index in [0.717, 1.165) is 6.20 Å². The Kier molecular flexibility index (Phi) is 7.41. The van der Waals surface area contributed by atoms with Crippen LogP contribution < -0.4 is 10.1 Å². The number of hydrogen-bond acceptors (Lipinski definition) is 10. The van der Waals surface area contributed by atoms with Gasteiger partial charge in [-0.3, -0.25) is 19.6 Å². The van der Waals surface area contributed by atoms with Crippen molar-refractivity contribution in [1.29, 1.82) is 0 Å². The molecular weight excluding hydrogens is 444 g/mol. The molecule has 0 saturated carbocycles. The molecule has 0 spiro atoms. The number of carbonyl (C=O) groups excluding carboxylic acids is 1. The minimum Gasteiger partial charge on any atom is -0.476 e. The van der Waals surface area contributed by atoms with Gasteiger partial charge >= 0.3 is 11.7 Å². The third-order valence-electron chi connectivity index (χ3n) is 3.94. The number of pyridine rings is 1. The van der Waals surface area contributed by atoms with Crippen LogP contribution in [0, 0.1) is 10.1 Å². The maximum Gasteiger partial charge on any atom is 0.355 e. The number of carboxylic acid groups (broad SMARTS) is 1. The number of nitro groups is 1. The highest BCUT2D eigenvalue weighted by Crippen LogP contribution is 2.25. The Balaban J connectivity index is 1.38. The zero-order valence-electron chi connectivity index (χ0n) is 16.8. The summed E-state index contributed by atoms with van der Waals surface area (Å²) in [6, 6.07) is 3.34. The second kappa shape index (κ2) is 10.4. The van der Waals surface area contributed by atoms with Crippen LogP contribution in [-0.2, 0) is 11.8 Å². The molecule has 0 aliphatic heterocycles. The molecule has 0 saturated heterocycles. The number of carbonyl (C=O) groups is 2. The van der Waals surface area contributed by atoms with Crippen molar-refractivity contribution in [3.63, 3.8) is 0 Å². The largest absolute Gasteiger partial charge is 0.476 e. The van der Waals surface area contributed by atoms with Crippen molar-refractivity contribution in [2.75, 3.05) is 26.4 Å². The Hall–Kier alpha value is -3.91. The van der Waals surface area contributed by atoms with Crippen LogP contribution in [0.5, 0.6) is 5.88 Å². The van der Waals surface area contributed by atoms with Gasteiger partial charge in [0.05, 0.1) is 18.1 Å². The lowest BCUT2D eigenvalue weighted by molar-refractivity contribution is -0.385. The molecule has 0 aliphatic rings. The highest BCUT2D eigenvalue weighted by atomic mass is 32.1. The van der Waals surface area contributed by atoms with E-state index in [4.69, 9.17) is 14.6 Å². The van der Waals surface area contributed by atoms with Crippen LogP contribution in [0.2, 0.25) is 0 Å². The number of nitrogens with one attached hydrogen (secondary N) is 1. The molecule has 168 valence electrons. The predicted octanol–water partition coefficient (Wildman–Crippen LogP) is 1.37. The number of aromatic carboxylic acids is 1. The molecule has 0 aromatic carbocycles. The van der Waals surface area contributed by atoms with Gasteiger partial charge in [0.1, 0.15) is 17.8 Å². The molecule has 32 heavy (non-hydrogen) atoms. The van der Waals surface area contributed by atoms with Crippen LogP contribution in [0.3, 0.4) is 0 Å². The lowest BCUT2D eigenvalue weighted by Gasteiger charge is -2.07. The summed E-state index contributed by atoms with van der Waals surface area (Å²) in [5.41, 5.74) is 0.0237. The van der Waals surface area contributed by atoms with Crippen molar-refractivity contribution >= 4 is 28.9 Å². The van der Waals surface area contributed by atoms with Gasteiger partial charge in [0, 0.05) is 36.8 Å². The van der Waals surface area contributed by atoms with Gasteiger partial charge in [-0.1, -0.05) is 0 Å². The molecule has 3 rings (SSSR count). The molecular formula is C18H18N6O7S. The number of aryl methyl sites for hydroxylation is 1. The topological polar surface area (TPSA) is 172 Å². The Morgan fingerprint density at radius 1 is 1.34 bits per heavy atom. The van der Waals surface area contributed by atoms with Crippen molar-refractivity contribution in [2.24, 2.45) is 7.05 Å². The van der Waals surface area contributed by atoms with E-state index in [-0.39, 0.29) is 43.4 Å². The average Bonchev–Trinajstić information content (AvgIpc) is 3.40. The van der Waals surface area contributed by atoms with Crippen LogP contribution in [-0.4, -0.2) is 68.0 Å². The molecule has 3 aromatic rings. The molecule has 3 heterocycles. The highest BCUT2D eigenvalue weighted by molar-refractivity contribution is 7.13. The lowest BCUT2D eigenvalue weighted by atomic mass is 10.3. The molecule has 0 unspecified atom stereocenters. The summed E-state index contributed by atoms with van der Waals surface area (Å²) >= 11 is 1.20. The smallest absolute Gasteiger partial charge is 0.355 e. The zero-order chi connectivity index (χ0) is 23.1. The molecule has 0 aliphatic carbocycles. The van der Waals surface area contributed by atoms with Crippen molar-refractivity contribution in [1.82, 2.24) is 25.1 Å². The van der Waals surface area contributed by atoms with Gasteiger partial charge < -0.3 is 19.9 Å². The Bertz CT molecular complexity index is 1130. The molecule has 2 N–H and O–H groups in total. The summed E-state index contributed by atoms with van der Waals surface area (Å²) in [5.74, 6) is -1.43. The van der Waals surface area contributed by atoms with Gasteiger partial charge in [-0.15, -0.1) is 11.3 Å². The molecule has 0 bridgehead atoms. The number of aromatic nitrogens is 4. The number of amides is 1. The monoisotopic (exact) mass is 462 g/mol. The van der Waals surface area contributed by atoms with Gasteiger partial charge in [0.2, 0.25) is 11.6 Å². The average molecular weight is 462 g/mol. The minimum absolute atomic E-state index is 0.0255. The van der Waals surface area contributed by atoms with Crippen LogP contribution in [0.1, 0.15) is 21.0 Å². The van der Waals surface area contributed by atoms with E-state index in [2.05, 4.69) is 20.4 Å². The fraction of sp³-hybridized carbons (Fsp3) is 0.278. The van der Waals surface area contributed by atoms with E-state index in [1.54, 1.807) is 12.1 Å². The third-order valence-corrected chi connectivity index (χ3v) is 4.83. The fourth-order valence-electron chi connectivity index (χ4n) is 2.52. The highest BCUT2D eigenvalue weighted by Gasteiger charge is 2.24. The van der Waals surface area contributed by atoms with E-state index in [1.807, 2.05) is 0 Å². The summed E-state index contributed by atoms with van der Waals surface area (Å²) in [5, 5.41) is 28.2. The maximum absolute atomic E-state index is 12.0. The predicted molar refractivity (Wildman–Crippen MR) is 111 cm³/mol. The number of rotatable bonds is 11. The number of carboxylic acids is 1. The van der Waals surface area contributed by atoms with Crippen molar-refractivity contribution < 1.29 is 29.1 Å². The number of thiazole rings is 1. The van der Waals surface area contributed by atoms with Gasteiger partial charge in [-0.2, -0.15) is 5.10 Å². The molecule has 3 aromatic heterocycles. The SMILES string of the molecule is Cn1cc([N+](=O)[O-])c(C(=O)NCCOCCOc2cc(-c3nc(C(=O)O)cs3)ccn2)n1. The fourth-order valence-corrected chi connectivity index (χ4v) is 3.32. The van der Waals surface area contributed by atoms with Crippen molar-refractivity contribution in [2.45, 2.75) is 0 Å². The summed E-state index contributed by atoms with van der Waals surface area (Å²) < 4.78 is 12.1. The third kappa shape index (κ3) is 5.83. The Labute approximate surface area is 184 Å². The van der Waals surface area contributed by atoms with E-state index < -0.39 is 16.8 Å². The quantitative estimate of drug-likeness (QED) is 0.241. The van der Waals surface area contributed by atoms with E-state index in [0.29, 0.717) is 16.5 Å². The number of nitrogens with zero attached hydrogens (tertiary/aromatic N) is 5. The number of hydrogen-bond donors (Lipinski definition) is 2. The van der Waals surface area contributed by atoms with Crippen LogP contribution in [0.4, 0.5) is 5.69 Å². The van der Waals surface area contributed by atoms with Crippen LogP contribution in [0.25, 0.3) is 10.6 Å². The minimum atomic E-state index is -1.09. The molecule has 0 fully saturated rings. The van der Waals surface area contributed by atoms with Gasteiger partial charge in [0.15, 0.2) is 5.69 Å². The first kappa shape index (κ1) is 22.8. The van der Waals surface area contributed by atoms with E-state index in [1.165, 1.54) is 34.6 Å². The normalized spacial score (nSPS) is 10.7. The second-order valence-corrected chi connectivity index (χ2v) is 7.09. The Morgan fingerprint density at radius 2 is 2.16 bits per heavy atom. The standard InChI is InChI=1S/C18H18N6O7S/c1-23-9-13(24(28)29)15(22-23)16(25)20-4-5-30-6-7-31-14-8-11(2-3-19-14)17-21-12(10-32-17)18(26)27/h2-3,8-10H,4-7H2,1H3,(H,20,25)(H,26,27). The first-order valence-corrected chi connectivity index (χ1v) is 10.0. The van der Waals surface area contributed by atoms with Gasteiger partial charge in [-0.25, -0.2) is 14.8 Å². The summed E-state index contributed by atoms with van der Waals surface area (Å²) in [7, 11) is 1.49. The first-order valence-electron chi connectivity index (χ1n) is 9.17. The van der Waals surface area contributed by atoms with E-state index in [9.17, 15) is 19.7 Å². The Morgan fingerprint density at radius 3 is 2.88 bits per heavy atom. The van der Waals surface area contributed by atoms with E-state index >= 15 is 0 Å². The molecule has 0 radical (unpaired) electrons. The lowest BCUT2D eigenvalue weighted by Crippen LogP contribution is -2.28. The summed E-state index contributed by atoms with van der Waals surface area (Å²) in [4.78, 5) is 41.4. The molecule has 1 amide bonds. The van der Waals surface area contributed by atoms with Crippen molar-refractivity contribution in [3.8, 4) is 16.5 Å². The van der Waals surface area contributed by atoms with Gasteiger partial charge in [-0.05, 0) is 6.07 Å². The molecule has 14 heteroatoms. The molecule has 0 atom stereocenters. The summed E-state index contributed by atoms with van der Waals surface area (Å²) in [6.07, 6.45) is 2.69.